The second kappa shape index (κ2) is 6.70. The molecule has 2 fully saturated rings. The normalized spacial score (nSPS) is 24.3. The van der Waals surface area contributed by atoms with Crippen molar-refractivity contribution >= 4 is 21.5 Å². The van der Waals surface area contributed by atoms with Gasteiger partial charge in [0.1, 0.15) is 0 Å². The fraction of sp³-hybridized carbons (Fsp3) is 0.769. The molecule has 0 radical (unpaired) electrons. The van der Waals surface area contributed by atoms with Gasteiger partial charge in [-0.1, -0.05) is 0 Å². The van der Waals surface area contributed by atoms with Crippen molar-refractivity contribution in [3.8, 4) is 0 Å². The lowest BCUT2D eigenvalue weighted by atomic mass is 10.00. The summed E-state index contributed by atoms with van der Waals surface area (Å²) in [5.41, 5.74) is 1.71. The number of thiazole rings is 1. The molecule has 0 amide bonds. The first-order chi connectivity index (χ1) is 10.1. The van der Waals surface area contributed by atoms with E-state index in [2.05, 4.69) is 15.0 Å². The Hall–Kier alpha value is -0.540. The van der Waals surface area contributed by atoms with E-state index >= 15 is 0 Å². The van der Waals surface area contributed by atoms with Crippen molar-refractivity contribution in [3.63, 3.8) is 0 Å². The lowest BCUT2D eigenvalue weighted by molar-refractivity contribution is 0.257. The Morgan fingerprint density at radius 1 is 1.38 bits per heavy atom. The first-order valence-electron chi connectivity index (χ1n) is 7.49. The minimum absolute atomic E-state index is 0.328. The van der Waals surface area contributed by atoms with Crippen LogP contribution in [0, 0.1) is 5.92 Å². The molecule has 1 aromatic rings. The van der Waals surface area contributed by atoms with E-state index in [-0.39, 0.29) is 0 Å². The zero-order chi connectivity index (χ0) is 14.7. The monoisotopic (exact) mass is 330 g/mol. The highest BCUT2D eigenvalue weighted by Crippen LogP contribution is 2.22. The third kappa shape index (κ3) is 4.46. The van der Waals surface area contributed by atoms with Crippen LogP contribution in [0.1, 0.15) is 30.6 Å². The van der Waals surface area contributed by atoms with Crippen molar-refractivity contribution in [2.45, 2.75) is 38.3 Å². The van der Waals surface area contributed by atoms with Crippen LogP contribution in [0.3, 0.4) is 0 Å². The van der Waals surface area contributed by atoms with Gasteiger partial charge in [0.2, 0.25) is 0 Å². The van der Waals surface area contributed by atoms with Crippen molar-refractivity contribution in [1.29, 1.82) is 0 Å². The second-order valence-corrected chi connectivity index (χ2v) is 8.57. The van der Waals surface area contributed by atoms with Crippen LogP contribution in [-0.2, 0) is 16.8 Å². The third-order valence-corrected chi connectivity index (χ3v) is 6.31. The van der Waals surface area contributed by atoms with Crippen molar-refractivity contribution < 1.29 is 8.42 Å². The summed E-state index contributed by atoms with van der Waals surface area (Å²) in [4.78, 5) is 4.89. The topological polar surface area (TPSA) is 74.3 Å². The number of hydrogen-bond donors (Lipinski definition) is 2. The molecule has 1 aliphatic carbocycles. The molecule has 1 saturated heterocycles. The van der Waals surface area contributed by atoms with Crippen LogP contribution in [0.4, 0.5) is 0 Å². The molecule has 1 aliphatic heterocycles. The minimum Gasteiger partial charge on any atom is -0.314 e. The number of piperidine rings is 1. The Morgan fingerprint density at radius 3 is 2.95 bits per heavy atom. The molecule has 2 heterocycles. The van der Waals surface area contributed by atoms with Gasteiger partial charge in [0.15, 0.2) is 0 Å². The van der Waals surface area contributed by atoms with Crippen LogP contribution < -0.4 is 10.0 Å². The summed E-state index contributed by atoms with van der Waals surface area (Å²) in [5, 5.41) is 3.50. The lowest BCUT2D eigenvalue weighted by Gasteiger charge is -2.32. The van der Waals surface area contributed by atoms with Crippen molar-refractivity contribution in [2.75, 3.05) is 19.6 Å². The predicted molar refractivity (Wildman–Crippen MR) is 83.2 cm³/mol. The Bertz CT molecular complexity index is 543. The zero-order valence-corrected chi connectivity index (χ0v) is 13.6. The number of hydrogen-bond acceptors (Lipinski definition) is 5. The molecular weight excluding hydrogens is 308 g/mol. The summed E-state index contributed by atoms with van der Waals surface area (Å²) in [6.07, 6.45) is 6.29. The Morgan fingerprint density at radius 2 is 2.24 bits per heavy atom. The van der Waals surface area contributed by atoms with Gasteiger partial charge in [0.05, 0.1) is 5.51 Å². The molecular formula is C13H22N4O2S2. The standard InChI is InChI=1S/C13H22N4O2S2/c18-21(19,16-8-13-7-14-10-20-13)17-5-1-2-11(9-17)6-15-12-3-4-12/h7,10-12,15-16H,1-6,8-9H2. The molecule has 21 heavy (non-hydrogen) atoms. The van der Waals surface area contributed by atoms with Gasteiger partial charge in [-0.2, -0.15) is 17.4 Å². The Kier molecular flexibility index (Phi) is 4.90. The van der Waals surface area contributed by atoms with Crippen LogP contribution in [0.2, 0.25) is 0 Å². The summed E-state index contributed by atoms with van der Waals surface area (Å²) >= 11 is 1.46. The SMILES string of the molecule is O=S(=O)(NCc1cncs1)N1CCCC(CNC2CC2)C1. The van der Waals surface area contributed by atoms with Crippen LogP contribution in [0.25, 0.3) is 0 Å². The average molecular weight is 330 g/mol. The van der Waals surface area contributed by atoms with Crippen LogP contribution in [-0.4, -0.2) is 43.4 Å². The van der Waals surface area contributed by atoms with E-state index in [0.29, 0.717) is 31.6 Å². The fourth-order valence-corrected chi connectivity index (χ4v) is 4.54. The smallest absolute Gasteiger partial charge is 0.279 e. The number of nitrogens with zero attached hydrogens (tertiary/aromatic N) is 2. The Labute approximate surface area is 130 Å². The van der Waals surface area contributed by atoms with E-state index in [1.165, 1.54) is 24.2 Å². The molecule has 0 spiro atoms. The van der Waals surface area contributed by atoms with Gasteiger partial charge in [0.25, 0.3) is 10.2 Å². The van der Waals surface area contributed by atoms with E-state index in [1.54, 1.807) is 16.0 Å². The van der Waals surface area contributed by atoms with E-state index in [1.807, 2.05) is 0 Å². The third-order valence-electron chi connectivity index (χ3n) is 4.01. The maximum Gasteiger partial charge on any atom is 0.279 e. The summed E-state index contributed by atoms with van der Waals surface area (Å²) < 4.78 is 29.0. The Balaban J connectivity index is 1.50. The second-order valence-electron chi connectivity index (χ2n) is 5.84. The van der Waals surface area contributed by atoms with E-state index in [9.17, 15) is 8.42 Å². The quantitative estimate of drug-likeness (QED) is 0.780. The summed E-state index contributed by atoms with van der Waals surface area (Å²) in [6.45, 7) is 2.51. The van der Waals surface area contributed by atoms with Gasteiger partial charge < -0.3 is 5.32 Å². The first kappa shape index (κ1) is 15.4. The summed E-state index contributed by atoms with van der Waals surface area (Å²) in [7, 11) is -3.38. The highest BCUT2D eigenvalue weighted by atomic mass is 32.2. The maximum absolute atomic E-state index is 12.4. The van der Waals surface area contributed by atoms with Gasteiger partial charge in [-0.3, -0.25) is 4.98 Å². The molecule has 2 N–H and O–H groups in total. The molecule has 3 rings (SSSR count). The van der Waals surface area contributed by atoms with Crippen molar-refractivity contribution in [3.05, 3.63) is 16.6 Å². The molecule has 8 heteroatoms. The number of nitrogens with one attached hydrogen (secondary N) is 2. The molecule has 0 bridgehead atoms. The molecule has 6 nitrogen and oxygen atoms in total. The molecule has 1 atom stereocenters. The maximum atomic E-state index is 12.4. The largest absolute Gasteiger partial charge is 0.314 e. The minimum atomic E-state index is -3.38. The number of aromatic nitrogens is 1. The van der Waals surface area contributed by atoms with Gasteiger partial charge in [-0.15, -0.1) is 11.3 Å². The molecule has 1 saturated carbocycles. The lowest BCUT2D eigenvalue weighted by Crippen LogP contribution is -2.47. The van der Waals surface area contributed by atoms with Crippen LogP contribution in [0.5, 0.6) is 0 Å². The predicted octanol–water partition coefficient (Wildman–Crippen LogP) is 0.941. The molecule has 2 aliphatic rings. The first-order valence-corrected chi connectivity index (χ1v) is 9.81. The highest BCUT2D eigenvalue weighted by Gasteiger charge is 2.30. The molecule has 118 valence electrons. The van der Waals surface area contributed by atoms with Crippen molar-refractivity contribution in [2.24, 2.45) is 5.92 Å². The number of rotatable bonds is 7. The average Bonchev–Trinajstić information content (AvgIpc) is 3.17. The molecule has 0 aromatic carbocycles. The summed E-state index contributed by atoms with van der Waals surface area (Å²) in [5.74, 6) is 0.430. The van der Waals surface area contributed by atoms with Gasteiger partial charge in [-0.25, -0.2) is 0 Å². The highest BCUT2D eigenvalue weighted by molar-refractivity contribution is 7.87. The summed E-state index contributed by atoms with van der Waals surface area (Å²) in [6, 6.07) is 0.682. The molecule has 1 aromatic heterocycles. The fourth-order valence-electron chi connectivity index (χ4n) is 2.62. The van der Waals surface area contributed by atoms with Gasteiger partial charge >= 0.3 is 0 Å². The van der Waals surface area contributed by atoms with Crippen LogP contribution >= 0.6 is 11.3 Å². The van der Waals surface area contributed by atoms with Gasteiger partial charge in [0, 0.05) is 36.8 Å². The van der Waals surface area contributed by atoms with E-state index in [0.717, 1.165) is 24.3 Å². The van der Waals surface area contributed by atoms with Gasteiger partial charge in [-0.05, 0) is 38.1 Å². The van der Waals surface area contributed by atoms with Crippen molar-refractivity contribution in [1.82, 2.24) is 19.3 Å². The van der Waals surface area contributed by atoms with Crippen LogP contribution in [0.15, 0.2) is 11.7 Å². The zero-order valence-electron chi connectivity index (χ0n) is 12.0. The molecule has 1 unspecified atom stereocenters. The van der Waals surface area contributed by atoms with E-state index in [4.69, 9.17) is 0 Å². The van der Waals surface area contributed by atoms with E-state index < -0.39 is 10.2 Å².